The second-order valence-corrected chi connectivity index (χ2v) is 5.62. The molecule has 7 nitrogen and oxygen atoms in total. The SMILES string of the molecule is CC(C)(C)OC(=O)NCCC=Cc1cc([N+](=O)[O-])ccc1O. The van der Waals surface area contributed by atoms with Gasteiger partial charge in [0.2, 0.25) is 0 Å². The zero-order valence-corrected chi connectivity index (χ0v) is 12.8. The van der Waals surface area contributed by atoms with Crippen molar-refractivity contribution in [2.24, 2.45) is 0 Å². The molecule has 1 aromatic rings. The van der Waals surface area contributed by atoms with E-state index in [1.54, 1.807) is 32.9 Å². The molecule has 0 fully saturated rings. The average molecular weight is 308 g/mol. The van der Waals surface area contributed by atoms with Crippen LogP contribution in [0.4, 0.5) is 10.5 Å². The Morgan fingerprint density at radius 2 is 2.14 bits per heavy atom. The van der Waals surface area contributed by atoms with Gasteiger partial charge in [-0.25, -0.2) is 4.79 Å². The Balaban J connectivity index is 2.48. The van der Waals surface area contributed by atoms with Crippen LogP contribution in [0.2, 0.25) is 0 Å². The second-order valence-electron chi connectivity index (χ2n) is 5.62. The molecule has 0 atom stereocenters. The fraction of sp³-hybridized carbons (Fsp3) is 0.400. The van der Waals surface area contributed by atoms with Crippen molar-refractivity contribution in [1.29, 1.82) is 0 Å². The van der Waals surface area contributed by atoms with E-state index >= 15 is 0 Å². The highest BCUT2D eigenvalue weighted by Crippen LogP contribution is 2.24. The van der Waals surface area contributed by atoms with Crippen LogP contribution in [0.3, 0.4) is 0 Å². The molecule has 7 heteroatoms. The molecule has 1 rings (SSSR count). The zero-order valence-electron chi connectivity index (χ0n) is 12.8. The number of non-ortho nitro benzene ring substituents is 1. The van der Waals surface area contributed by atoms with E-state index in [1.165, 1.54) is 18.2 Å². The van der Waals surface area contributed by atoms with Gasteiger partial charge in [0.1, 0.15) is 11.4 Å². The number of nitro benzene ring substituents is 1. The van der Waals surface area contributed by atoms with Crippen molar-refractivity contribution in [3.8, 4) is 5.75 Å². The third kappa shape index (κ3) is 6.25. The minimum absolute atomic E-state index is 0.0399. The summed E-state index contributed by atoms with van der Waals surface area (Å²) in [6.07, 6.45) is 3.27. The molecule has 0 aliphatic heterocycles. The minimum Gasteiger partial charge on any atom is -0.507 e. The number of hydrogen-bond acceptors (Lipinski definition) is 5. The highest BCUT2D eigenvalue weighted by atomic mass is 16.6. The van der Waals surface area contributed by atoms with Crippen LogP contribution < -0.4 is 5.32 Å². The van der Waals surface area contributed by atoms with Gasteiger partial charge in [-0.3, -0.25) is 10.1 Å². The second kappa shape index (κ2) is 7.44. The highest BCUT2D eigenvalue weighted by molar-refractivity contribution is 5.67. The van der Waals surface area contributed by atoms with Gasteiger partial charge in [0, 0.05) is 24.2 Å². The van der Waals surface area contributed by atoms with Crippen LogP contribution in [-0.4, -0.2) is 28.3 Å². The molecule has 0 aromatic heterocycles. The number of nitro groups is 1. The van der Waals surface area contributed by atoms with Gasteiger partial charge in [0.15, 0.2) is 0 Å². The van der Waals surface area contributed by atoms with Crippen molar-refractivity contribution in [3.63, 3.8) is 0 Å². The van der Waals surface area contributed by atoms with Crippen molar-refractivity contribution in [3.05, 3.63) is 40.0 Å². The van der Waals surface area contributed by atoms with Gasteiger partial charge in [0.25, 0.3) is 5.69 Å². The van der Waals surface area contributed by atoms with E-state index < -0.39 is 16.6 Å². The highest BCUT2D eigenvalue weighted by Gasteiger charge is 2.15. The third-order valence-corrected chi connectivity index (χ3v) is 2.50. The Kier molecular flexibility index (Phi) is 5.91. The maximum absolute atomic E-state index is 11.4. The van der Waals surface area contributed by atoms with Gasteiger partial charge < -0.3 is 15.2 Å². The van der Waals surface area contributed by atoms with Crippen molar-refractivity contribution < 1.29 is 19.6 Å². The maximum Gasteiger partial charge on any atom is 0.407 e. The number of rotatable bonds is 5. The van der Waals surface area contributed by atoms with Crippen LogP contribution in [0.1, 0.15) is 32.8 Å². The van der Waals surface area contributed by atoms with Gasteiger partial charge in [-0.05, 0) is 33.3 Å². The Morgan fingerprint density at radius 1 is 1.45 bits per heavy atom. The molecule has 0 saturated heterocycles. The van der Waals surface area contributed by atoms with E-state index in [1.807, 2.05) is 0 Å². The smallest absolute Gasteiger partial charge is 0.407 e. The summed E-state index contributed by atoms with van der Waals surface area (Å²) in [6, 6.07) is 3.79. The molecular formula is C15H20N2O5. The quantitative estimate of drug-likeness (QED) is 0.494. The number of ether oxygens (including phenoxy) is 1. The number of alkyl carbamates (subject to hydrolysis) is 1. The average Bonchev–Trinajstić information content (AvgIpc) is 2.37. The first kappa shape index (κ1) is 17.5. The minimum atomic E-state index is -0.547. The van der Waals surface area contributed by atoms with Crippen molar-refractivity contribution in [2.75, 3.05) is 6.54 Å². The fourth-order valence-electron chi connectivity index (χ4n) is 1.57. The van der Waals surface area contributed by atoms with Crippen LogP contribution in [-0.2, 0) is 4.74 Å². The molecule has 0 heterocycles. The van der Waals surface area contributed by atoms with Gasteiger partial charge >= 0.3 is 6.09 Å². The Hall–Kier alpha value is -2.57. The normalized spacial score (nSPS) is 11.4. The number of nitrogens with one attached hydrogen (secondary N) is 1. The summed E-state index contributed by atoms with van der Waals surface area (Å²) >= 11 is 0. The largest absolute Gasteiger partial charge is 0.507 e. The van der Waals surface area contributed by atoms with Crippen LogP contribution >= 0.6 is 0 Å². The fourth-order valence-corrected chi connectivity index (χ4v) is 1.57. The van der Waals surface area contributed by atoms with E-state index in [-0.39, 0.29) is 11.4 Å². The number of benzene rings is 1. The Morgan fingerprint density at radius 3 is 2.73 bits per heavy atom. The number of phenols is 1. The molecule has 0 aliphatic rings. The number of carbonyl (C=O) groups is 1. The molecular weight excluding hydrogens is 288 g/mol. The molecule has 1 aromatic carbocycles. The van der Waals surface area contributed by atoms with Crippen LogP contribution in [0, 0.1) is 10.1 Å². The van der Waals surface area contributed by atoms with E-state index in [2.05, 4.69) is 5.32 Å². The number of aromatic hydroxyl groups is 1. The van der Waals surface area contributed by atoms with E-state index in [9.17, 15) is 20.0 Å². The summed E-state index contributed by atoms with van der Waals surface area (Å²) < 4.78 is 5.07. The van der Waals surface area contributed by atoms with Crippen LogP contribution in [0.25, 0.3) is 6.08 Å². The number of nitrogens with zero attached hydrogens (tertiary/aromatic N) is 1. The molecule has 0 spiro atoms. The molecule has 0 radical (unpaired) electrons. The summed E-state index contributed by atoms with van der Waals surface area (Å²) in [4.78, 5) is 21.5. The summed E-state index contributed by atoms with van der Waals surface area (Å²) in [7, 11) is 0. The lowest BCUT2D eigenvalue weighted by atomic mass is 10.1. The van der Waals surface area contributed by atoms with Crippen molar-refractivity contribution in [2.45, 2.75) is 32.8 Å². The Labute approximate surface area is 128 Å². The molecule has 0 bridgehead atoms. The number of carbonyl (C=O) groups excluding carboxylic acids is 1. The predicted octanol–water partition coefficient (Wildman–Crippen LogP) is 3.23. The standard InChI is InChI=1S/C15H20N2O5/c1-15(2,3)22-14(19)16-9-5-4-6-11-10-12(17(20)21)7-8-13(11)18/h4,6-8,10,18H,5,9H2,1-3H3,(H,16,19). The first-order valence-electron chi connectivity index (χ1n) is 6.80. The molecule has 22 heavy (non-hydrogen) atoms. The maximum atomic E-state index is 11.4. The topological polar surface area (TPSA) is 102 Å². The summed E-state index contributed by atoms with van der Waals surface area (Å²) in [5, 5.41) is 22.9. The molecule has 1 amide bonds. The first-order chi connectivity index (χ1) is 10.2. The number of phenolic OH excluding ortho intramolecular Hbond substituents is 1. The summed E-state index contributed by atoms with van der Waals surface area (Å²) in [6.45, 7) is 5.69. The molecule has 0 saturated carbocycles. The predicted molar refractivity (Wildman–Crippen MR) is 82.6 cm³/mol. The van der Waals surface area contributed by atoms with Gasteiger partial charge in [0.05, 0.1) is 4.92 Å². The number of hydrogen-bond donors (Lipinski definition) is 2. The summed E-state index contributed by atoms with van der Waals surface area (Å²) in [5.41, 5.74) is -0.287. The summed E-state index contributed by atoms with van der Waals surface area (Å²) in [5.74, 6) is -0.0399. The zero-order chi connectivity index (χ0) is 16.8. The Bertz CT molecular complexity index is 576. The lowest BCUT2D eigenvalue weighted by Crippen LogP contribution is -2.32. The van der Waals surface area contributed by atoms with Gasteiger partial charge in [-0.1, -0.05) is 12.2 Å². The van der Waals surface area contributed by atoms with Crippen molar-refractivity contribution >= 4 is 17.9 Å². The van der Waals surface area contributed by atoms with Gasteiger partial charge in [-0.2, -0.15) is 0 Å². The van der Waals surface area contributed by atoms with E-state index in [0.29, 0.717) is 18.5 Å². The molecule has 0 aliphatic carbocycles. The van der Waals surface area contributed by atoms with Crippen LogP contribution in [0.5, 0.6) is 5.75 Å². The molecule has 0 unspecified atom stereocenters. The van der Waals surface area contributed by atoms with Gasteiger partial charge in [-0.15, -0.1) is 0 Å². The lowest BCUT2D eigenvalue weighted by Gasteiger charge is -2.19. The van der Waals surface area contributed by atoms with E-state index in [4.69, 9.17) is 4.74 Å². The first-order valence-corrected chi connectivity index (χ1v) is 6.80. The molecule has 2 N–H and O–H groups in total. The third-order valence-electron chi connectivity index (χ3n) is 2.50. The number of amides is 1. The van der Waals surface area contributed by atoms with E-state index in [0.717, 1.165) is 0 Å². The monoisotopic (exact) mass is 308 g/mol. The van der Waals surface area contributed by atoms with Crippen LogP contribution in [0.15, 0.2) is 24.3 Å². The lowest BCUT2D eigenvalue weighted by molar-refractivity contribution is -0.384. The van der Waals surface area contributed by atoms with Crippen molar-refractivity contribution in [1.82, 2.24) is 5.32 Å². The molecule has 120 valence electrons.